The number of unbranched alkanes of at least 4 members (excludes halogenated alkanes) is 2. The van der Waals surface area contributed by atoms with Crippen LogP contribution in [0.15, 0.2) is 12.2 Å². The van der Waals surface area contributed by atoms with Gasteiger partial charge in [0.15, 0.2) is 6.29 Å². The zero-order valence-electron chi connectivity index (χ0n) is 13.6. The summed E-state index contributed by atoms with van der Waals surface area (Å²) in [5.41, 5.74) is 0.874. The van der Waals surface area contributed by atoms with Crippen molar-refractivity contribution < 1.29 is 19.0 Å². The van der Waals surface area contributed by atoms with Crippen molar-refractivity contribution >= 4 is 5.97 Å². The van der Waals surface area contributed by atoms with E-state index in [0.29, 0.717) is 6.42 Å². The van der Waals surface area contributed by atoms with Crippen LogP contribution in [-0.4, -0.2) is 32.1 Å². The first-order chi connectivity index (χ1) is 10.2. The summed E-state index contributed by atoms with van der Waals surface area (Å²) in [5.74, 6) is -0.235. The fraction of sp³-hybridized carbons (Fsp3) is 0.824. The number of methoxy groups -OCH3 is 1. The van der Waals surface area contributed by atoms with Gasteiger partial charge >= 0.3 is 5.97 Å². The van der Waals surface area contributed by atoms with Crippen LogP contribution in [0.25, 0.3) is 0 Å². The second-order valence-corrected chi connectivity index (χ2v) is 5.76. The van der Waals surface area contributed by atoms with Gasteiger partial charge in [0, 0.05) is 6.61 Å². The Morgan fingerprint density at radius 1 is 1.38 bits per heavy atom. The number of esters is 1. The van der Waals surface area contributed by atoms with Gasteiger partial charge in [-0.1, -0.05) is 38.3 Å². The van der Waals surface area contributed by atoms with Gasteiger partial charge in [0.25, 0.3) is 0 Å². The molecule has 0 radical (unpaired) electrons. The Labute approximate surface area is 128 Å². The summed E-state index contributed by atoms with van der Waals surface area (Å²) < 4.78 is 16.4. The second kappa shape index (κ2) is 10.8. The first-order valence-corrected chi connectivity index (χ1v) is 8.16. The summed E-state index contributed by atoms with van der Waals surface area (Å²) in [6.45, 7) is 6.96. The minimum Gasteiger partial charge on any atom is -0.469 e. The van der Waals surface area contributed by atoms with E-state index in [1.165, 1.54) is 20.0 Å². The zero-order chi connectivity index (χ0) is 15.5. The van der Waals surface area contributed by atoms with E-state index in [2.05, 4.69) is 18.2 Å². The Hall–Kier alpha value is -0.870. The van der Waals surface area contributed by atoms with Crippen LogP contribution >= 0.6 is 0 Å². The first-order valence-electron chi connectivity index (χ1n) is 8.16. The summed E-state index contributed by atoms with van der Waals surface area (Å²) in [7, 11) is 1.40. The van der Waals surface area contributed by atoms with Crippen molar-refractivity contribution in [2.75, 3.05) is 13.7 Å². The highest BCUT2D eigenvalue weighted by Crippen LogP contribution is 2.22. The summed E-state index contributed by atoms with van der Waals surface area (Å²) in [5, 5.41) is 0. The minimum atomic E-state index is -0.235. The van der Waals surface area contributed by atoms with Gasteiger partial charge < -0.3 is 14.2 Å². The molecule has 0 saturated carbocycles. The average Bonchev–Trinajstić information content (AvgIpc) is 2.48. The van der Waals surface area contributed by atoms with E-state index in [1.807, 2.05) is 0 Å². The predicted molar refractivity (Wildman–Crippen MR) is 83.0 cm³/mol. The Morgan fingerprint density at radius 3 is 2.81 bits per heavy atom. The van der Waals surface area contributed by atoms with Crippen LogP contribution in [0.2, 0.25) is 0 Å². The summed E-state index contributed by atoms with van der Waals surface area (Å²) in [6.07, 6.45) is 8.76. The Bertz CT molecular complexity index is 308. The van der Waals surface area contributed by atoms with E-state index in [1.54, 1.807) is 0 Å². The Kier molecular flexibility index (Phi) is 9.35. The molecule has 1 fully saturated rings. The molecule has 1 rings (SSSR count). The minimum absolute atomic E-state index is 0.0868. The molecule has 0 aromatic rings. The molecular formula is C17H30O4. The monoisotopic (exact) mass is 298 g/mol. The fourth-order valence-corrected chi connectivity index (χ4v) is 2.54. The number of carbonyl (C=O) groups excluding carboxylic acids is 1. The second-order valence-electron chi connectivity index (χ2n) is 5.76. The summed E-state index contributed by atoms with van der Waals surface area (Å²) in [6, 6.07) is 0. The molecule has 4 nitrogen and oxygen atoms in total. The smallest absolute Gasteiger partial charge is 0.309 e. The Balaban J connectivity index is 2.42. The Morgan fingerprint density at radius 2 is 2.19 bits per heavy atom. The third kappa shape index (κ3) is 8.22. The van der Waals surface area contributed by atoms with E-state index in [0.717, 1.165) is 44.3 Å². The number of ether oxygens (including phenoxy) is 3. The third-order valence-corrected chi connectivity index (χ3v) is 3.75. The van der Waals surface area contributed by atoms with Crippen molar-refractivity contribution in [2.45, 2.75) is 77.1 Å². The first kappa shape index (κ1) is 18.2. The molecule has 1 unspecified atom stereocenters. The van der Waals surface area contributed by atoms with Crippen LogP contribution in [0.4, 0.5) is 0 Å². The lowest BCUT2D eigenvalue weighted by molar-refractivity contribution is -0.189. The maximum atomic E-state index is 11.3. The van der Waals surface area contributed by atoms with Gasteiger partial charge in [-0.15, -0.1) is 0 Å². The van der Waals surface area contributed by atoms with Gasteiger partial charge in [0.1, 0.15) is 0 Å². The normalized spacial score (nSPS) is 20.0. The molecule has 2 atom stereocenters. The zero-order valence-corrected chi connectivity index (χ0v) is 13.6. The molecule has 1 heterocycles. The molecule has 0 aromatic heterocycles. The molecule has 122 valence electrons. The molecule has 4 heteroatoms. The van der Waals surface area contributed by atoms with E-state index < -0.39 is 0 Å². The average molecular weight is 298 g/mol. The van der Waals surface area contributed by atoms with Crippen molar-refractivity contribution in [1.82, 2.24) is 0 Å². The number of hydrogen-bond donors (Lipinski definition) is 0. The predicted octanol–water partition coefficient (Wildman–Crippen LogP) is 3.99. The van der Waals surface area contributed by atoms with E-state index in [9.17, 15) is 4.79 Å². The molecule has 0 aliphatic carbocycles. The molecule has 0 spiro atoms. The van der Waals surface area contributed by atoms with Crippen LogP contribution in [0.3, 0.4) is 0 Å². The van der Waals surface area contributed by atoms with Crippen molar-refractivity contribution in [1.29, 1.82) is 0 Å². The molecule has 0 N–H and O–H groups in total. The number of hydrogen-bond acceptors (Lipinski definition) is 4. The molecular weight excluding hydrogens is 268 g/mol. The molecule has 0 amide bonds. The highest BCUT2D eigenvalue weighted by molar-refractivity contribution is 5.72. The van der Waals surface area contributed by atoms with Gasteiger partial charge in [-0.2, -0.15) is 0 Å². The molecule has 1 aliphatic heterocycles. The highest BCUT2D eigenvalue weighted by Gasteiger charge is 2.21. The van der Waals surface area contributed by atoms with Gasteiger partial charge in [0.2, 0.25) is 0 Å². The van der Waals surface area contributed by atoms with Crippen molar-refractivity contribution in [3.8, 4) is 0 Å². The summed E-state index contributed by atoms with van der Waals surface area (Å²) in [4.78, 5) is 11.3. The van der Waals surface area contributed by atoms with E-state index in [-0.39, 0.29) is 24.8 Å². The fourth-order valence-electron chi connectivity index (χ4n) is 2.54. The van der Waals surface area contributed by atoms with Crippen molar-refractivity contribution in [3.05, 3.63) is 12.2 Å². The van der Waals surface area contributed by atoms with Gasteiger partial charge in [-0.25, -0.2) is 0 Å². The van der Waals surface area contributed by atoms with Crippen LogP contribution in [0.1, 0.15) is 64.7 Å². The highest BCUT2D eigenvalue weighted by atomic mass is 16.7. The lowest BCUT2D eigenvalue weighted by Crippen LogP contribution is -2.28. The molecule has 1 aliphatic rings. The van der Waals surface area contributed by atoms with Gasteiger partial charge in [0.05, 0.1) is 19.6 Å². The number of rotatable bonds is 10. The van der Waals surface area contributed by atoms with Crippen LogP contribution in [0, 0.1) is 0 Å². The quantitative estimate of drug-likeness (QED) is 0.347. The van der Waals surface area contributed by atoms with Crippen LogP contribution in [0.5, 0.6) is 0 Å². The number of carbonyl (C=O) groups is 1. The van der Waals surface area contributed by atoms with E-state index in [4.69, 9.17) is 9.47 Å². The maximum Gasteiger partial charge on any atom is 0.309 e. The molecule has 0 bridgehead atoms. The maximum absolute atomic E-state index is 11.3. The van der Waals surface area contributed by atoms with Crippen molar-refractivity contribution in [2.24, 2.45) is 0 Å². The van der Waals surface area contributed by atoms with E-state index >= 15 is 0 Å². The van der Waals surface area contributed by atoms with Gasteiger partial charge in [-0.3, -0.25) is 4.79 Å². The lowest BCUT2D eigenvalue weighted by atomic mass is 10.0. The van der Waals surface area contributed by atoms with Crippen molar-refractivity contribution in [3.63, 3.8) is 0 Å². The topological polar surface area (TPSA) is 44.8 Å². The van der Waals surface area contributed by atoms with Crippen LogP contribution < -0.4 is 0 Å². The molecule has 1 saturated heterocycles. The van der Waals surface area contributed by atoms with Crippen LogP contribution in [-0.2, 0) is 19.0 Å². The SMILES string of the molecule is C=C(CC(=O)OC)C[C@@H](CCCCC)OC1CCCCO1. The summed E-state index contributed by atoms with van der Waals surface area (Å²) >= 11 is 0. The molecule has 0 aromatic carbocycles. The third-order valence-electron chi connectivity index (χ3n) is 3.75. The lowest BCUT2D eigenvalue weighted by Gasteiger charge is -2.28. The standard InChI is InChI=1S/C17H30O4/c1-4-5-6-9-15(12-14(2)13-16(18)19-3)21-17-10-7-8-11-20-17/h15,17H,2,4-13H2,1,3H3/t15-,17?/m1/s1. The largest absolute Gasteiger partial charge is 0.469 e. The van der Waals surface area contributed by atoms with Gasteiger partial charge in [-0.05, 0) is 32.1 Å². The molecule has 21 heavy (non-hydrogen) atoms.